The number of rotatable bonds is 4. The van der Waals surface area contributed by atoms with Gasteiger partial charge >= 0.3 is 0 Å². The molecule has 0 unspecified atom stereocenters. The van der Waals surface area contributed by atoms with Crippen LogP contribution < -0.4 is 11.1 Å². The van der Waals surface area contributed by atoms with Gasteiger partial charge in [-0.1, -0.05) is 12.1 Å². The largest absolute Gasteiger partial charge is 0.398 e. The van der Waals surface area contributed by atoms with E-state index in [1.54, 1.807) is 24.3 Å². The first-order valence-corrected chi connectivity index (χ1v) is 7.72. The maximum absolute atomic E-state index is 11.8. The van der Waals surface area contributed by atoms with E-state index >= 15 is 0 Å². The molecule has 7 heteroatoms. The zero-order valence-electron chi connectivity index (χ0n) is 10.5. The first-order valence-electron chi connectivity index (χ1n) is 6.11. The molecule has 3 N–H and O–H groups in total. The Bertz CT molecular complexity index is 571. The average Bonchev–Trinajstić information content (AvgIpc) is 2.69. The van der Waals surface area contributed by atoms with Crippen LogP contribution in [0.15, 0.2) is 24.3 Å². The second kappa shape index (κ2) is 5.58. The quantitative estimate of drug-likeness (QED) is 0.763. The van der Waals surface area contributed by atoms with E-state index in [9.17, 15) is 13.2 Å². The lowest BCUT2D eigenvalue weighted by Gasteiger charge is -2.14. The second-order valence-electron chi connectivity index (χ2n) is 4.41. The smallest absolute Gasteiger partial charge is 0.253 e. The van der Waals surface area contributed by atoms with Crippen molar-refractivity contribution in [3.8, 4) is 0 Å². The molecule has 19 heavy (non-hydrogen) atoms. The monoisotopic (exact) mass is 283 g/mol. The highest BCUT2D eigenvalue weighted by Crippen LogP contribution is 2.12. The highest BCUT2D eigenvalue weighted by atomic mass is 32.2. The first kappa shape index (κ1) is 13.8. The number of hydrogen-bond acceptors (Lipinski definition) is 4. The molecular formula is C12H17N3O3S. The fourth-order valence-corrected chi connectivity index (χ4v) is 3.56. The van der Waals surface area contributed by atoms with Gasteiger partial charge in [0.05, 0.1) is 11.3 Å². The minimum Gasteiger partial charge on any atom is -0.398 e. The fourth-order valence-electron chi connectivity index (χ4n) is 2.04. The van der Waals surface area contributed by atoms with Crippen LogP contribution >= 0.6 is 0 Å². The number of para-hydroxylation sites is 1. The Morgan fingerprint density at radius 3 is 2.74 bits per heavy atom. The number of nitrogens with two attached hydrogens (primary N) is 1. The van der Waals surface area contributed by atoms with Gasteiger partial charge < -0.3 is 11.1 Å². The van der Waals surface area contributed by atoms with Gasteiger partial charge in [-0.3, -0.25) is 4.79 Å². The molecule has 0 radical (unpaired) electrons. The highest BCUT2D eigenvalue weighted by molar-refractivity contribution is 7.89. The normalized spacial score (nSPS) is 18.3. The molecular weight excluding hydrogens is 266 g/mol. The van der Waals surface area contributed by atoms with Gasteiger partial charge in [-0.25, -0.2) is 12.7 Å². The number of carbonyl (C=O) groups is 1. The van der Waals surface area contributed by atoms with Crippen molar-refractivity contribution < 1.29 is 13.2 Å². The number of carbonyl (C=O) groups excluding carboxylic acids is 1. The summed E-state index contributed by atoms with van der Waals surface area (Å²) in [6.45, 7) is 1.12. The van der Waals surface area contributed by atoms with E-state index in [0.717, 1.165) is 0 Å². The molecule has 0 aliphatic carbocycles. The minimum absolute atomic E-state index is 0.201. The van der Waals surface area contributed by atoms with Crippen LogP contribution in [-0.2, 0) is 10.0 Å². The Hall–Kier alpha value is -1.60. The van der Waals surface area contributed by atoms with E-state index < -0.39 is 10.0 Å². The second-order valence-corrected chi connectivity index (χ2v) is 6.50. The minimum atomic E-state index is -3.10. The molecule has 104 valence electrons. The van der Waals surface area contributed by atoms with Crippen LogP contribution in [0.3, 0.4) is 0 Å². The lowest BCUT2D eigenvalue weighted by molar-refractivity contribution is 0.0952. The number of nitrogens with zero attached hydrogens (tertiary/aromatic N) is 1. The molecule has 0 saturated carbocycles. The number of anilines is 1. The van der Waals surface area contributed by atoms with Crippen molar-refractivity contribution in [3.05, 3.63) is 29.8 Å². The Balaban J connectivity index is 1.87. The van der Waals surface area contributed by atoms with Crippen LogP contribution in [-0.4, -0.2) is 44.0 Å². The maximum Gasteiger partial charge on any atom is 0.253 e. The van der Waals surface area contributed by atoms with Crippen LogP contribution in [0.1, 0.15) is 16.8 Å². The van der Waals surface area contributed by atoms with Crippen molar-refractivity contribution in [2.75, 3.05) is 31.1 Å². The van der Waals surface area contributed by atoms with Crippen molar-refractivity contribution in [3.63, 3.8) is 0 Å². The molecule has 1 amide bonds. The summed E-state index contributed by atoms with van der Waals surface area (Å²) in [4.78, 5) is 11.8. The number of nitrogens with one attached hydrogen (secondary N) is 1. The van der Waals surface area contributed by atoms with Crippen molar-refractivity contribution in [2.24, 2.45) is 0 Å². The fraction of sp³-hybridized carbons (Fsp3) is 0.417. The summed E-state index contributed by atoms with van der Waals surface area (Å²) in [5.41, 5.74) is 6.51. The van der Waals surface area contributed by atoms with Crippen molar-refractivity contribution in [1.29, 1.82) is 0 Å². The molecule has 1 aliphatic rings. The maximum atomic E-state index is 11.8. The van der Waals surface area contributed by atoms with Gasteiger partial charge in [-0.15, -0.1) is 0 Å². The zero-order chi connectivity index (χ0) is 13.9. The van der Waals surface area contributed by atoms with Gasteiger partial charge in [-0.2, -0.15) is 0 Å². The summed E-state index contributed by atoms with van der Waals surface area (Å²) in [6.07, 6.45) is 0.655. The number of nitrogen functional groups attached to an aromatic ring is 1. The number of benzene rings is 1. The topological polar surface area (TPSA) is 92.5 Å². The van der Waals surface area contributed by atoms with E-state index in [-0.39, 0.29) is 18.2 Å². The lowest BCUT2D eigenvalue weighted by Crippen LogP contribution is -2.36. The molecule has 6 nitrogen and oxygen atoms in total. The summed E-state index contributed by atoms with van der Waals surface area (Å²) in [7, 11) is -3.10. The SMILES string of the molecule is Nc1ccccc1C(=O)NCCN1CCCS1(=O)=O. The third-order valence-electron chi connectivity index (χ3n) is 3.06. The van der Waals surface area contributed by atoms with Crippen LogP contribution in [0.5, 0.6) is 0 Å². The van der Waals surface area contributed by atoms with Crippen LogP contribution in [0, 0.1) is 0 Å². The summed E-state index contributed by atoms with van der Waals surface area (Å²) in [6, 6.07) is 6.77. The van der Waals surface area contributed by atoms with E-state index in [4.69, 9.17) is 5.73 Å². The third-order valence-corrected chi connectivity index (χ3v) is 5.01. The number of amides is 1. The highest BCUT2D eigenvalue weighted by Gasteiger charge is 2.27. The molecule has 0 spiro atoms. The van der Waals surface area contributed by atoms with Crippen molar-refractivity contribution in [2.45, 2.75) is 6.42 Å². The Kier molecular flexibility index (Phi) is 4.06. The Morgan fingerprint density at radius 2 is 2.11 bits per heavy atom. The molecule has 0 aromatic heterocycles. The molecule has 1 aromatic carbocycles. The zero-order valence-corrected chi connectivity index (χ0v) is 11.3. The predicted octanol–water partition coefficient (Wildman–Crippen LogP) is 0.0341. The van der Waals surface area contributed by atoms with Crippen LogP contribution in [0.4, 0.5) is 5.69 Å². The van der Waals surface area contributed by atoms with E-state index in [0.29, 0.717) is 30.8 Å². The summed E-state index contributed by atoms with van der Waals surface area (Å²) < 4.78 is 24.5. The Morgan fingerprint density at radius 1 is 1.37 bits per heavy atom. The Labute approximate surface area is 112 Å². The molecule has 1 saturated heterocycles. The molecule has 2 rings (SSSR count). The summed E-state index contributed by atoms with van der Waals surface area (Å²) in [5.74, 6) is -0.0817. The van der Waals surface area contributed by atoms with Gasteiger partial charge in [0.25, 0.3) is 5.91 Å². The van der Waals surface area contributed by atoms with Crippen LogP contribution in [0.2, 0.25) is 0 Å². The predicted molar refractivity (Wildman–Crippen MR) is 73.2 cm³/mol. The number of sulfonamides is 1. The molecule has 1 fully saturated rings. The van der Waals surface area contributed by atoms with Crippen molar-refractivity contribution >= 4 is 21.6 Å². The van der Waals surface area contributed by atoms with Crippen molar-refractivity contribution in [1.82, 2.24) is 9.62 Å². The molecule has 1 heterocycles. The van der Waals surface area contributed by atoms with Gasteiger partial charge in [-0.05, 0) is 18.6 Å². The third kappa shape index (κ3) is 3.24. The summed E-state index contributed by atoms with van der Waals surface area (Å²) in [5, 5.41) is 2.68. The van der Waals surface area contributed by atoms with E-state index in [1.807, 2.05) is 0 Å². The lowest BCUT2D eigenvalue weighted by atomic mass is 10.2. The molecule has 1 aromatic rings. The first-order chi connectivity index (χ1) is 9.00. The number of hydrogen-bond donors (Lipinski definition) is 2. The molecule has 0 atom stereocenters. The van der Waals surface area contributed by atoms with E-state index in [1.165, 1.54) is 4.31 Å². The van der Waals surface area contributed by atoms with Gasteiger partial charge in [0, 0.05) is 25.3 Å². The molecule has 0 bridgehead atoms. The standard InChI is InChI=1S/C12H17N3O3S/c13-11-5-2-1-4-10(11)12(16)14-6-8-15-7-3-9-19(15,17)18/h1-2,4-5H,3,6-9,13H2,(H,14,16). The average molecular weight is 283 g/mol. The molecule has 1 aliphatic heterocycles. The van der Waals surface area contributed by atoms with Gasteiger partial charge in [0.2, 0.25) is 10.0 Å². The summed E-state index contributed by atoms with van der Waals surface area (Å²) >= 11 is 0. The van der Waals surface area contributed by atoms with Gasteiger partial charge in [0.1, 0.15) is 0 Å². The van der Waals surface area contributed by atoms with Crippen LogP contribution in [0.25, 0.3) is 0 Å². The van der Waals surface area contributed by atoms with E-state index in [2.05, 4.69) is 5.32 Å². The van der Waals surface area contributed by atoms with Gasteiger partial charge in [0.15, 0.2) is 0 Å².